The summed E-state index contributed by atoms with van der Waals surface area (Å²) in [6.07, 6.45) is 0. The van der Waals surface area contributed by atoms with Gasteiger partial charge in [0.15, 0.2) is 0 Å². The fourth-order valence-electron chi connectivity index (χ4n) is 3.69. The van der Waals surface area contributed by atoms with E-state index in [2.05, 4.69) is 0 Å². The Morgan fingerprint density at radius 2 is 1.73 bits per heavy atom. The zero-order valence-electron chi connectivity index (χ0n) is 17.1. The van der Waals surface area contributed by atoms with Crippen LogP contribution in [0.15, 0.2) is 66.2 Å². The SMILES string of the molecule is COc1ccc(Cl)c(/C(O)=C2\C(=O)C(=O)N(c3ccc(F)cc3F)C2c2ccc(O)cc2)c1. The molecule has 1 aliphatic rings. The number of hydrogen-bond donors (Lipinski definition) is 2. The van der Waals surface area contributed by atoms with E-state index in [-0.39, 0.29) is 33.2 Å². The van der Waals surface area contributed by atoms with Gasteiger partial charge in [0, 0.05) is 11.6 Å². The maximum atomic E-state index is 14.7. The Morgan fingerprint density at radius 3 is 2.36 bits per heavy atom. The molecule has 0 saturated carbocycles. The van der Waals surface area contributed by atoms with Crippen LogP contribution in [0.3, 0.4) is 0 Å². The number of anilines is 1. The van der Waals surface area contributed by atoms with Crippen molar-refractivity contribution in [2.75, 3.05) is 12.0 Å². The van der Waals surface area contributed by atoms with Crippen molar-refractivity contribution in [2.45, 2.75) is 6.04 Å². The number of rotatable bonds is 4. The summed E-state index contributed by atoms with van der Waals surface area (Å²) in [5.74, 6) is -4.50. The summed E-state index contributed by atoms with van der Waals surface area (Å²) < 4.78 is 33.3. The molecule has 1 fully saturated rings. The Hall–Kier alpha value is -3.91. The fourth-order valence-corrected chi connectivity index (χ4v) is 3.89. The number of aliphatic hydroxyl groups excluding tert-OH is 1. The predicted octanol–water partition coefficient (Wildman–Crippen LogP) is 4.96. The van der Waals surface area contributed by atoms with Crippen LogP contribution in [0.2, 0.25) is 5.02 Å². The average Bonchev–Trinajstić information content (AvgIpc) is 3.05. The van der Waals surface area contributed by atoms with Crippen molar-refractivity contribution in [3.05, 3.63) is 94.0 Å². The number of benzene rings is 3. The smallest absolute Gasteiger partial charge is 0.300 e. The van der Waals surface area contributed by atoms with Crippen molar-refractivity contribution >= 4 is 34.7 Å². The van der Waals surface area contributed by atoms with Gasteiger partial charge < -0.3 is 14.9 Å². The second-order valence-electron chi connectivity index (χ2n) is 7.20. The zero-order valence-corrected chi connectivity index (χ0v) is 17.8. The van der Waals surface area contributed by atoms with Gasteiger partial charge in [0.05, 0.1) is 29.4 Å². The number of phenolic OH excluding ortho intramolecular Hbond substituents is 1. The van der Waals surface area contributed by atoms with Gasteiger partial charge in [0.1, 0.15) is 28.9 Å². The molecule has 1 saturated heterocycles. The number of hydrogen-bond acceptors (Lipinski definition) is 5. The topological polar surface area (TPSA) is 87.1 Å². The normalized spacial score (nSPS) is 17.5. The van der Waals surface area contributed by atoms with Gasteiger partial charge in [-0.2, -0.15) is 0 Å². The minimum absolute atomic E-state index is 0.0253. The summed E-state index contributed by atoms with van der Waals surface area (Å²) in [4.78, 5) is 26.9. The molecule has 4 rings (SSSR count). The van der Waals surface area contributed by atoms with Crippen LogP contribution in [-0.4, -0.2) is 29.0 Å². The Bertz CT molecular complexity index is 1310. The molecular formula is C24H16ClF2NO5. The van der Waals surface area contributed by atoms with Crippen molar-refractivity contribution in [3.63, 3.8) is 0 Å². The number of Topliss-reactive ketones (excluding diaryl/α,β-unsaturated/α-hetero) is 1. The van der Waals surface area contributed by atoms with Crippen LogP contribution in [0.4, 0.5) is 14.5 Å². The number of ketones is 1. The molecule has 3 aromatic rings. The van der Waals surface area contributed by atoms with Crippen LogP contribution in [-0.2, 0) is 9.59 Å². The van der Waals surface area contributed by atoms with E-state index in [9.17, 15) is 28.6 Å². The first-order valence-corrected chi connectivity index (χ1v) is 9.99. The zero-order chi connectivity index (χ0) is 23.9. The number of carbonyl (C=O) groups is 2. The Kier molecular flexibility index (Phi) is 5.78. The summed E-state index contributed by atoms with van der Waals surface area (Å²) in [5, 5.41) is 20.9. The highest BCUT2D eigenvalue weighted by Crippen LogP contribution is 2.44. The molecule has 168 valence electrons. The van der Waals surface area contributed by atoms with Gasteiger partial charge in [-0.1, -0.05) is 23.7 Å². The lowest BCUT2D eigenvalue weighted by atomic mass is 9.95. The van der Waals surface area contributed by atoms with E-state index >= 15 is 0 Å². The molecule has 1 heterocycles. The van der Waals surface area contributed by atoms with Crippen LogP contribution in [0.25, 0.3) is 5.76 Å². The van der Waals surface area contributed by atoms with Crippen molar-refractivity contribution in [3.8, 4) is 11.5 Å². The fraction of sp³-hybridized carbons (Fsp3) is 0.0833. The van der Waals surface area contributed by atoms with E-state index < -0.39 is 35.1 Å². The molecule has 1 atom stereocenters. The second kappa shape index (κ2) is 8.55. The number of methoxy groups -OCH3 is 1. The van der Waals surface area contributed by atoms with Crippen LogP contribution in [0, 0.1) is 11.6 Å². The Labute approximate surface area is 191 Å². The molecule has 1 amide bonds. The van der Waals surface area contributed by atoms with E-state index in [1.165, 1.54) is 43.5 Å². The molecule has 0 spiro atoms. The first-order valence-electron chi connectivity index (χ1n) is 9.61. The van der Waals surface area contributed by atoms with E-state index in [0.29, 0.717) is 11.8 Å². The third kappa shape index (κ3) is 3.89. The van der Waals surface area contributed by atoms with E-state index in [0.717, 1.165) is 17.0 Å². The summed E-state index contributed by atoms with van der Waals surface area (Å²) in [7, 11) is 1.40. The largest absolute Gasteiger partial charge is 0.508 e. The van der Waals surface area contributed by atoms with Crippen LogP contribution >= 0.6 is 11.6 Å². The lowest BCUT2D eigenvalue weighted by Gasteiger charge is -2.26. The maximum Gasteiger partial charge on any atom is 0.300 e. The molecule has 1 unspecified atom stereocenters. The Balaban J connectivity index is 1.99. The van der Waals surface area contributed by atoms with Gasteiger partial charge in [-0.25, -0.2) is 8.78 Å². The number of nitrogens with zero attached hydrogens (tertiary/aromatic N) is 1. The van der Waals surface area contributed by atoms with Crippen molar-refractivity contribution < 1.29 is 33.3 Å². The molecule has 6 nitrogen and oxygen atoms in total. The van der Waals surface area contributed by atoms with E-state index in [1.54, 1.807) is 6.07 Å². The van der Waals surface area contributed by atoms with Gasteiger partial charge in [-0.15, -0.1) is 0 Å². The van der Waals surface area contributed by atoms with Gasteiger partial charge in [0.25, 0.3) is 11.7 Å². The highest BCUT2D eigenvalue weighted by Gasteiger charge is 2.48. The van der Waals surface area contributed by atoms with Crippen LogP contribution < -0.4 is 9.64 Å². The molecule has 33 heavy (non-hydrogen) atoms. The highest BCUT2D eigenvalue weighted by atomic mass is 35.5. The average molecular weight is 472 g/mol. The number of ether oxygens (including phenoxy) is 1. The third-order valence-electron chi connectivity index (χ3n) is 5.25. The number of aliphatic hydroxyl groups is 1. The summed E-state index contributed by atoms with van der Waals surface area (Å²) in [5.41, 5.74) is -0.398. The summed E-state index contributed by atoms with van der Waals surface area (Å²) in [6, 6.07) is 11.1. The van der Waals surface area contributed by atoms with Gasteiger partial charge in [-0.05, 0) is 48.0 Å². The number of aromatic hydroxyl groups is 1. The minimum atomic E-state index is -1.28. The first-order chi connectivity index (χ1) is 15.7. The van der Waals surface area contributed by atoms with Crippen molar-refractivity contribution in [1.82, 2.24) is 0 Å². The Morgan fingerprint density at radius 1 is 1.03 bits per heavy atom. The lowest BCUT2D eigenvalue weighted by molar-refractivity contribution is -0.132. The predicted molar refractivity (Wildman–Crippen MR) is 117 cm³/mol. The molecule has 3 aromatic carbocycles. The summed E-state index contributed by atoms with van der Waals surface area (Å²) in [6.45, 7) is 0. The van der Waals surface area contributed by atoms with E-state index in [4.69, 9.17) is 16.3 Å². The van der Waals surface area contributed by atoms with E-state index in [1.807, 2.05) is 0 Å². The van der Waals surface area contributed by atoms with Gasteiger partial charge in [0.2, 0.25) is 0 Å². The molecule has 9 heteroatoms. The monoisotopic (exact) mass is 471 g/mol. The van der Waals surface area contributed by atoms with Gasteiger partial charge in [-0.3, -0.25) is 14.5 Å². The maximum absolute atomic E-state index is 14.7. The third-order valence-corrected chi connectivity index (χ3v) is 5.58. The molecule has 0 radical (unpaired) electrons. The number of amides is 1. The van der Waals surface area contributed by atoms with Crippen molar-refractivity contribution in [2.24, 2.45) is 0 Å². The molecule has 2 N–H and O–H groups in total. The molecule has 0 aliphatic carbocycles. The highest BCUT2D eigenvalue weighted by molar-refractivity contribution is 6.52. The van der Waals surface area contributed by atoms with Gasteiger partial charge >= 0.3 is 0 Å². The first kappa shape index (κ1) is 22.3. The molecular weight excluding hydrogens is 456 g/mol. The van der Waals surface area contributed by atoms with Crippen LogP contribution in [0.5, 0.6) is 11.5 Å². The number of carbonyl (C=O) groups excluding carboxylic acids is 2. The molecule has 0 aromatic heterocycles. The lowest BCUT2D eigenvalue weighted by Crippen LogP contribution is -2.30. The quantitative estimate of drug-likeness (QED) is 0.319. The summed E-state index contributed by atoms with van der Waals surface area (Å²) >= 11 is 6.23. The van der Waals surface area contributed by atoms with Crippen molar-refractivity contribution in [1.29, 1.82) is 0 Å². The molecule has 0 bridgehead atoms. The standard InChI is InChI=1S/C24H16ClF2NO5/c1-33-15-7-8-17(25)16(11-15)22(30)20-21(12-2-5-14(29)6-3-12)28(24(32)23(20)31)19-9-4-13(26)10-18(19)27/h2-11,21,29-30H,1H3/b22-20+. The minimum Gasteiger partial charge on any atom is -0.508 e. The number of halogens is 3. The van der Waals surface area contributed by atoms with Crippen LogP contribution in [0.1, 0.15) is 17.2 Å². The molecule has 1 aliphatic heterocycles. The number of phenols is 1. The second-order valence-corrected chi connectivity index (χ2v) is 7.61.